The van der Waals surface area contributed by atoms with Gasteiger partial charge in [-0.05, 0) is 107 Å². The van der Waals surface area contributed by atoms with Crippen LogP contribution in [0.5, 0.6) is 0 Å². The van der Waals surface area contributed by atoms with Gasteiger partial charge in [-0.25, -0.2) is 0 Å². The van der Waals surface area contributed by atoms with Crippen LogP contribution in [-0.2, 0) is 74.8 Å². The van der Waals surface area contributed by atoms with Gasteiger partial charge in [0, 0.05) is 13.8 Å². The molecule has 0 aromatic rings. The topological polar surface area (TPSA) is 339 Å². The van der Waals surface area contributed by atoms with Crippen LogP contribution in [0.15, 0.2) is 0 Å². The van der Waals surface area contributed by atoms with Gasteiger partial charge in [-0.15, -0.1) is 0 Å². The van der Waals surface area contributed by atoms with Gasteiger partial charge in [-0.3, -0.25) is 9.59 Å². The molecule has 26 nitrogen and oxygen atoms in total. The predicted molar refractivity (Wildman–Crippen MR) is 305 cm³/mol. The van der Waals surface area contributed by atoms with E-state index < -0.39 is 176 Å². The molecule has 6 rings (SSSR count). The number of amides is 2. The molecule has 0 radical (unpaired) electrons. The molecular formula is C56H108N4Na2O22Si2+2. The number of carbonyl (C=O) groups is 4. The van der Waals surface area contributed by atoms with Gasteiger partial charge >= 0.3 is 76.2 Å². The van der Waals surface area contributed by atoms with E-state index in [-0.39, 0.29) is 83.2 Å². The third-order valence-electron chi connectivity index (χ3n) is 15.5. The molecule has 20 unspecified atom stereocenters. The number of ether oxygens (including phenoxy) is 8. The van der Waals surface area contributed by atoms with Crippen molar-refractivity contribution in [2.45, 2.75) is 272 Å². The normalized spacial score (nSPS) is 35.1. The summed E-state index contributed by atoms with van der Waals surface area (Å²) in [6.45, 7) is 44.4. The number of quaternary nitrogens is 2. The molecule has 8 N–H and O–H groups in total. The maximum atomic E-state index is 12.1. The summed E-state index contributed by atoms with van der Waals surface area (Å²) in [5.74, 6) is -4.02. The second-order valence-corrected chi connectivity index (χ2v) is 30.8. The summed E-state index contributed by atoms with van der Waals surface area (Å²) in [7, 11) is -5.25. The number of rotatable bonds is 22. The van der Waals surface area contributed by atoms with E-state index in [2.05, 4.69) is 52.2 Å². The number of aliphatic carboxylic acids is 2. The Hall–Kier alpha value is -0.406. The zero-order valence-corrected chi connectivity index (χ0v) is 61.7. The summed E-state index contributed by atoms with van der Waals surface area (Å²) in [6.07, 6.45) is -19.4. The first-order valence-corrected chi connectivity index (χ1v) is 36.0. The summed E-state index contributed by atoms with van der Waals surface area (Å²) in [4.78, 5) is 51.7. The third kappa shape index (κ3) is 23.6. The number of carbonyl (C=O) groups excluding carboxylic acids is 4. The summed E-state index contributed by atoms with van der Waals surface area (Å²) in [6, 6.07) is -2.05. The van der Waals surface area contributed by atoms with E-state index in [9.17, 15) is 49.8 Å². The zero-order valence-electron chi connectivity index (χ0n) is 55.7. The Labute approximate surface area is 557 Å². The number of carboxylic acids is 2. The SMILES string of the molecule is CC(=O)NC1C(OC2C(C(=O)[O-])OC(C(C)C)C3O[Si](C)(C)OC23)OC(CO)C(O)C1OC(C)C.CC(=O)NC1C(OC2C(C(=O)[O-])OC(C(C)C)C3O[Si](C)(C)OC23)OC(CO)C(O)C1OC(C)C.CC[NH+](CC)CC.CC[NH+](CC)CC.[Na+].[Na+]. The van der Waals surface area contributed by atoms with Crippen molar-refractivity contribution in [2.24, 2.45) is 11.8 Å². The molecule has 0 aromatic heterocycles. The molecule has 6 saturated heterocycles. The zero-order chi connectivity index (χ0) is 63.9. The van der Waals surface area contributed by atoms with Gasteiger partial charge in [0.1, 0.15) is 97.5 Å². The fourth-order valence-corrected chi connectivity index (χ4v) is 15.1. The smallest absolute Gasteiger partial charge is 0.547 e. The standard InChI is InChI=1S/2C22H39NO11Si.2C6H15N.2Na/c2*1-9(2)15-18-19(34-35(6,7)33-18)17(20(31-15)21(27)28)32-22-13(23-11(5)25)16(29-10(3)4)14(26)12(8-24)30-22;2*1-4-7(5-2)6-3;;/h2*9-10,12-20,22,24,26H,8H2,1-7H3,(H,23,25)(H,27,28);2*4-6H2,1-3H3;;/q;;;;2*+1. The van der Waals surface area contributed by atoms with Gasteiger partial charge in [0.2, 0.25) is 11.8 Å². The Morgan fingerprint density at radius 2 is 0.779 bits per heavy atom. The number of carboxylic acid groups (broad SMARTS) is 2. The summed E-state index contributed by atoms with van der Waals surface area (Å²) >= 11 is 0. The Morgan fingerprint density at radius 1 is 0.500 bits per heavy atom. The van der Waals surface area contributed by atoms with Crippen LogP contribution in [-0.4, -0.2) is 248 Å². The number of aliphatic hydroxyl groups is 4. The Morgan fingerprint density at radius 3 is 0.988 bits per heavy atom. The number of nitrogens with one attached hydrogen (secondary N) is 4. The van der Waals surface area contributed by atoms with Crippen molar-refractivity contribution in [3.63, 3.8) is 0 Å². The molecule has 86 heavy (non-hydrogen) atoms. The molecular weight excluding hydrogens is 1180 g/mol. The number of fused-ring (bicyclic) bond motifs is 2. The Kier molecular flexibility index (Phi) is 37.6. The van der Waals surface area contributed by atoms with E-state index in [1.54, 1.807) is 37.5 Å². The van der Waals surface area contributed by atoms with Crippen LogP contribution in [0.4, 0.5) is 0 Å². The predicted octanol–water partition coefficient (Wildman–Crippen LogP) is -9.32. The number of hydrogen-bond acceptors (Lipinski definition) is 22. The molecule has 6 heterocycles. The molecule has 30 heteroatoms. The average Bonchev–Trinajstić information content (AvgIpc) is 1.64. The van der Waals surface area contributed by atoms with Gasteiger partial charge in [0.05, 0.1) is 88.8 Å². The quantitative estimate of drug-likeness (QED) is 0.0467. The monoisotopic (exact) mass is 1290 g/mol. The van der Waals surface area contributed by atoms with E-state index in [1.165, 1.54) is 53.1 Å². The van der Waals surface area contributed by atoms with E-state index >= 15 is 0 Å². The Bertz CT molecular complexity index is 1860. The summed E-state index contributed by atoms with van der Waals surface area (Å²) in [5.41, 5.74) is 0. The number of aliphatic hydroxyl groups excluding tert-OH is 4. The second-order valence-electron chi connectivity index (χ2n) is 24.3. The van der Waals surface area contributed by atoms with Crippen LogP contribution >= 0.6 is 0 Å². The van der Waals surface area contributed by atoms with Crippen LogP contribution in [0.25, 0.3) is 0 Å². The average molecular weight is 1290 g/mol. The maximum absolute atomic E-state index is 12.1. The molecule has 6 aliphatic heterocycles. The van der Waals surface area contributed by atoms with Crippen molar-refractivity contribution >= 4 is 40.9 Å². The summed E-state index contributed by atoms with van der Waals surface area (Å²) < 4.78 is 72.3. The maximum Gasteiger partial charge on any atom is 1.00 e. The van der Waals surface area contributed by atoms with Crippen LogP contribution in [0.1, 0.15) is 111 Å². The molecule has 0 bridgehead atoms. The van der Waals surface area contributed by atoms with Gasteiger partial charge < -0.3 is 116 Å². The molecule has 0 aromatic carbocycles. The van der Waals surface area contributed by atoms with E-state index in [1.807, 2.05) is 53.9 Å². The van der Waals surface area contributed by atoms with Crippen molar-refractivity contribution in [1.29, 1.82) is 0 Å². The van der Waals surface area contributed by atoms with Crippen LogP contribution < -0.4 is 89.8 Å². The minimum Gasteiger partial charge on any atom is -0.547 e. The van der Waals surface area contributed by atoms with Crippen molar-refractivity contribution < 1.29 is 174 Å². The number of hydrogen-bond donors (Lipinski definition) is 8. The van der Waals surface area contributed by atoms with Crippen LogP contribution in [0, 0.1) is 11.8 Å². The van der Waals surface area contributed by atoms with E-state index in [0.717, 1.165) is 0 Å². The fourth-order valence-electron chi connectivity index (χ4n) is 11.3. The molecule has 0 spiro atoms. The van der Waals surface area contributed by atoms with Crippen molar-refractivity contribution in [1.82, 2.24) is 10.6 Å². The van der Waals surface area contributed by atoms with Gasteiger partial charge in [-0.2, -0.15) is 0 Å². The molecule has 6 aliphatic rings. The van der Waals surface area contributed by atoms with Crippen LogP contribution in [0.2, 0.25) is 26.2 Å². The largest absolute Gasteiger partial charge is 1.00 e. The molecule has 20 atom stereocenters. The second kappa shape index (κ2) is 38.7. The Balaban J connectivity index is 0.000000689. The van der Waals surface area contributed by atoms with E-state index in [0.29, 0.717) is 0 Å². The molecule has 2 amide bonds. The van der Waals surface area contributed by atoms with Gasteiger partial charge in [0.15, 0.2) is 12.6 Å². The molecule has 0 aliphatic carbocycles. The first-order valence-electron chi connectivity index (χ1n) is 30.4. The fraction of sp³-hybridized carbons (Fsp3) is 0.929. The van der Waals surface area contributed by atoms with Crippen molar-refractivity contribution in [2.75, 3.05) is 52.5 Å². The third-order valence-corrected chi connectivity index (χ3v) is 18.9. The molecule has 0 saturated carbocycles. The van der Waals surface area contributed by atoms with Crippen molar-refractivity contribution in [3.05, 3.63) is 0 Å². The van der Waals surface area contributed by atoms with Crippen molar-refractivity contribution in [3.8, 4) is 0 Å². The molecule has 492 valence electrons. The van der Waals surface area contributed by atoms with Gasteiger partial charge in [-0.1, -0.05) is 27.7 Å². The van der Waals surface area contributed by atoms with Gasteiger partial charge in [0.25, 0.3) is 0 Å². The van der Waals surface area contributed by atoms with Crippen LogP contribution in [0.3, 0.4) is 0 Å². The first-order chi connectivity index (χ1) is 39.2. The minimum atomic E-state index is -2.63. The summed E-state index contributed by atoms with van der Waals surface area (Å²) in [5, 5.41) is 70.8. The molecule has 6 fully saturated rings. The van der Waals surface area contributed by atoms with E-state index in [4.69, 9.17) is 55.6 Å². The first kappa shape index (κ1) is 83.6. The minimum absolute atomic E-state index is 0.